The summed E-state index contributed by atoms with van der Waals surface area (Å²) in [5.41, 5.74) is 1.91. The maximum atomic E-state index is 12.2. The SMILES string of the molecule is COc1ccc(CCNC(=O)c2cncc(C(=O)NC3CC3)c2)cc1. The number of methoxy groups -OCH3 is 1. The number of carbonyl (C=O) groups excluding carboxylic acids is 2. The number of ether oxygens (including phenoxy) is 1. The molecule has 2 N–H and O–H groups in total. The topological polar surface area (TPSA) is 80.3 Å². The highest BCUT2D eigenvalue weighted by Gasteiger charge is 2.24. The van der Waals surface area contributed by atoms with E-state index >= 15 is 0 Å². The third-order valence-electron chi connectivity index (χ3n) is 4.03. The quantitative estimate of drug-likeness (QED) is 0.808. The third-order valence-corrected chi connectivity index (χ3v) is 4.03. The average Bonchev–Trinajstić information content (AvgIpc) is 3.46. The van der Waals surface area contributed by atoms with Gasteiger partial charge in [0.2, 0.25) is 0 Å². The van der Waals surface area contributed by atoms with Gasteiger partial charge in [0.05, 0.1) is 18.2 Å². The van der Waals surface area contributed by atoms with E-state index in [1.807, 2.05) is 24.3 Å². The molecule has 0 radical (unpaired) electrons. The van der Waals surface area contributed by atoms with Crippen LogP contribution in [0.25, 0.3) is 0 Å². The fourth-order valence-electron chi connectivity index (χ4n) is 2.40. The van der Waals surface area contributed by atoms with Crippen molar-refractivity contribution in [2.45, 2.75) is 25.3 Å². The van der Waals surface area contributed by atoms with E-state index < -0.39 is 0 Å². The van der Waals surface area contributed by atoms with Gasteiger partial charge in [-0.25, -0.2) is 0 Å². The minimum absolute atomic E-state index is 0.178. The molecule has 0 saturated heterocycles. The Morgan fingerprint density at radius 2 is 1.80 bits per heavy atom. The van der Waals surface area contributed by atoms with Gasteiger partial charge in [0, 0.05) is 25.0 Å². The van der Waals surface area contributed by atoms with E-state index in [4.69, 9.17) is 4.74 Å². The summed E-state index contributed by atoms with van der Waals surface area (Å²) in [6.45, 7) is 0.504. The largest absolute Gasteiger partial charge is 0.497 e. The molecule has 1 saturated carbocycles. The molecule has 1 fully saturated rings. The molecule has 25 heavy (non-hydrogen) atoms. The predicted molar refractivity (Wildman–Crippen MR) is 93.8 cm³/mol. The maximum Gasteiger partial charge on any atom is 0.253 e. The molecule has 0 unspecified atom stereocenters. The number of carbonyl (C=O) groups is 2. The number of nitrogens with zero attached hydrogens (tertiary/aromatic N) is 1. The zero-order valence-corrected chi connectivity index (χ0v) is 14.1. The molecule has 1 aliphatic rings. The average molecular weight is 339 g/mol. The molecule has 6 heteroatoms. The Labute approximate surface area is 146 Å². The van der Waals surface area contributed by atoms with Crippen LogP contribution in [0.5, 0.6) is 5.75 Å². The number of amides is 2. The van der Waals surface area contributed by atoms with Crippen molar-refractivity contribution in [1.82, 2.24) is 15.6 Å². The molecule has 1 aliphatic carbocycles. The summed E-state index contributed by atoms with van der Waals surface area (Å²) >= 11 is 0. The molecule has 0 spiro atoms. The van der Waals surface area contributed by atoms with Crippen LogP contribution in [0.15, 0.2) is 42.7 Å². The molecule has 0 aliphatic heterocycles. The fourth-order valence-corrected chi connectivity index (χ4v) is 2.40. The smallest absolute Gasteiger partial charge is 0.253 e. The second-order valence-corrected chi connectivity index (χ2v) is 6.06. The van der Waals surface area contributed by atoms with Gasteiger partial charge in [-0.1, -0.05) is 12.1 Å². The molecule has 3 rings (SSSR count). The lowest BCUT2D eigenvalue weighted by atomic mass is 10.1. The van der Waals surface area contributed by atoms with Gasteiger partial charge >= 0.3 is 0 Å². The number of pyridine rings is 1. The van der Waals surface area contributed by atoms with E-state index in [1.54, 1.807) is 13.2 Å². The van der Waals surface area contributed by atoms with Crippen molar-refractivity contribution in [2.24, 2.45) is 0 Å². The van der Waals surface area contributed by atoms with E-state index in [9.17, 15) is 9.59 Å². The van der Waals surface area contributed by atoms with Crippen LogP contribution in [0.4, 0.5) is 0 Å². The standard InChI is InChI=1S/C19H21N3O3/c1-25-17-6-2-13(3-7-17)8-9-21-18(23)14-10-15(12-20-11-14)19(24)22-16-4-5-16/h2-3,6-7,10-12,16H,4-5,8-9H2,1H3,(H,21,23)(H,22,24). The van der Waals surface area contributed by atoms with Gasteiger partial charge in [-0.15, -0.1) is 0 Å². The summed E-state index contributed by atoms with van der Waals surface area (Å²) in [6.07, 6.45) is 5.70. The van der Waals surface area contributed by atoms with E-state index in [1.165, 1.54) is 12.4 Å². The summed E-state index contributed by atoms with van der Waals surface area (Å²) < 4.78 is 5.12. The minimum atomic E-state index is -0.234. The van der Waals surface area contributed by atoms with Crippen molar-refractivity contribution < 1.29 is 14.3 Å². The Balaban J connectivity index is 1.52. The van der Waals surface area contributed by atoms with Gasteiger partial charge in [0.15, 0.2) is 0 Å². The summed E-state index contributed by atoms with van der Waals surface area (Å²) in [5.74, 6) is 0.394. The highest BCUT2D eigenvalue weighted by atomic mass is 16.5. The molecule has 1 aromatic heterocycles. The third kappa shape index (κ3) is 4.79. The zero-order valence-electron chi connectivity index (χ0n) is 14.1. The lowest BCUT2D eigenvalue weighted by molar-refractivity contribution is 0.0950. The van der Waals surface area contributed by atoms with Crippen molar-refractivity contribution in [1.29, 1.82) is 0 Å². The van der Waals surface area contributed by atoms with Gasteiger partial charge in [-0.2, -0.15) is 0 Å². The zero-order chi connectivity index (χ0) is 17.6. The van der Waals surface area contributed by atoms with Gasteiger partial charge in [0.1, 0.15) is 5.75 Å². The Hall–Kier alpha value is -2.89. The Bertz CT molecular complexity index is 755. The van der Waals surface area contributed by atoms with Crippen LogP contribution < -0.4 is 15.4 Å². The van der Waals surface area contributed by atoms with Gasteiger partial charge in [0.25, 0.3) is 11.8 Å². The normalized spacial score (nSPS) is 13.2. The number of rotatable bonds is 7. The van der Waals surface area contributed by atoms with Crippen molar-refractivity contribution >= 4 is 11.8 Å². The van der Waals surface area contributed by atoms with E-state index in [-0.39, 0.29) is 17.9 Å². The molecular weight excluding hydrogens is 318 g/mol. The lowest BCUT2D eigenvalue weighted by Crippen LogP contribution is -2.28. The summed E-state index contributed by atoms with van der Waals surface area (Å²) in [5, 5.41) is 5.74. The molecule has 2 amide bonds. The van der Waals surface area contributed by atoms with Crippen molar-refractivity contribution in [2.75, 3.05) is 13.7 Å². The van der Waals surface area contributed by atoms with Crippen LogP contribution in [0.2, 0.25) is 0 Å². The first-order valence-electron chi connectivity index (χ1n) is 8.33. The summed E-state index contributed by atoms with van der Waals surface area (Å²) in [7, 11) is 1.63. The van der Waals surface area contributed by atoms with Crippen LogP contribution in [-0.4, -0.2) is 36.5 Å². The van der Waals surface area contributed by atoms with E-state index in [2.05, 4.69) is 15.6 Å². The highest BCUT2D eigenvalue weighted by Crippen LogP contribution is 2.19. The Kier molecular flexibility index (Phi) is 5.28. The molecule has 1 aromatic carbocycles. The number of hydrogen-bond acceptors (Lipinski definition) is 4. The first kappa shape index (κ1) is 17.0. The summed E-state index contributed by atoms with van der Waals surface area (Å²) in [4.78, 5) is 28.3. The highest BCUT2D eigenvalue weighted by molar-refractivity contribution is 5.99. The van der Waals surface area contributed by atoms with Gasteiger partial charge < -0.3 is 15.4 Å². The number of aromatic nitrogens is 1. The van der Waals surface area contributed by atoms with Crippen LogP contribution in [0.3, 0.4) is 0 Å². The predicted octanol–water partition coefficient (Wildman–Crippen LogP) is 1.95. The molecule has 1 heterocycles. The molecule has 0 bridgehead atoms. The Morgan fingerprint density at radius 1 is 1.12 bits per heavy atom. The second-order valence-electron chi connectivity index (χ2n) is 6.06. The van der Waals surface area contributed by atoms with Crippen LogP contribution >= 0.6 is 0 Å². The minimum Gasteiger partial charge on any atom is -0.497 e. The fraction of sp³-hybridized carbons (Fsp3) is 0.316. The number of hydrogen-bond donors (Lipinski definition) is 2. The first-order valence-corrected chi connectivity index (χ1v) is 8.33. The van der Waals surface area contributed by atoms with Crippen LogP contribution in [0, 0.1) is 0 Å². The number of nitrogens with one attached hydrogen (secondary N) is 2. The van der Waals surface area contributed by atoms with Crippen molar-refractivity contribution in [3.63, 3.8) is 0 Å². The number of benzene rings is 1. The lowest BCUT2D eigenvalue weighted by Gasteiger charge is -2.08. The van der Waals surface area contributed by atoms with Crippen LogP contribution in [0.1, 0.15) is 39.1 Å². The van der Waals surface area contributed by atoms with Crippen LogP contribution in [-0.2, 0) is 6.42 Å². The maximum absolute atomic E-state index is 12.2. The molecule has 0 atom stereocenters. The summed E-state index contributed by atoms with van der Waals surface area (Å²) in [6, 6.07) is 9.57. The molecular formula is C19H21N3O3. The monoisotopic (exact) mass is 339 g/mol. The van der Waals surface area contributed by atoms with E-state index in [0.717, 1.165) is 24.2 Å². The molecule has 130 valence electrons. The van der Waals surface area contributed by atoms with Crippen molar-refractivity contribution in [3.8, 4) is 5.75 Å². The second kappa shape index (κ2) is 7.79. The molecule has 6 nitrogen and oxygen atoms in total. The van der Waals surface area contributed by atoms with Crippen molar-refractivity contribution in [3.05, 3.63) is 59.4 Å². The first-order chi connectivity index (χ1) is 12.2. The van der Waals surface area contributed by atoms with E-state index in [0.29, 0.717) is 24.1 Å². The Morgan fingerprint density at radius 3 is 2.44 bits per heavy atom. The van der Waals surface area contributed by atoms with Gasteiger partial charge in [-0.05, 0) is 43.0 Å². The van der Waals surface area contributed by atoms with Gasteiger partial charge in [-0.3, -0.25) is 14.6 Å². The molecule has 2 aromatic rings.